The third kappa shape index (κ3) is 6.16. The van der Waals surface area contributed by atoms with Gasteiger partial charge in [0.25, 0.3) is 0 Å². The number of rotatable bonds is 9. The number of allylic oxidation sites excluding steroid dienone is 4. The molecule has 1 N–H and O–H groups in total. The molecule has 3 heterocycles. The zero-order chi connectivity index (χ0) is 24.7. The van der Waals surface area contributed by atoms with Gasteiger partial charge in [0.05, 0.1) is 24.9 Å². The van der Waals surface area contributed by atoms with Crippen molar-refractivity contribution >= 4 is 10.9 Å². The minimum absolute atomic E-state index is 0.577. The summed E-state index contributed by atoms with van der Waals surface area (Å²) in [6.45, 7) is 5.31. The molecule has 1 aromatic heterocycles. The van der Waals surface area contributed by atoms with Crippen molar-refractivity contribution in [3.63, 3.8) is 0 Å². The molecule has 190 valence electrons. The Balaban J connectivity index is 1.07. The van der Waals surface area contributed by atoms with Gasteiger partial charge in [0, 0.05) is 57.5 Å². The van der Waals surface area contributed by atoms with Crippen molar-refractivity contribution in [2.45, 2.75) is 31.8 Å². The molecule has 5 rings (SSSR count). The predicted molar refractivity (Wildman–Crippen MR) is 140 cm³/mol. The fourth-order valence-electron chi connectivity index (χ4n) is 4.98. The van der Waals surface area contributed by atoms with Crippen LogP contribution in [0, 0.1) is 0 Å². The third-order valence-corrected chi connectivity index (χ3v) is 7.06. The fraction of sp³-hybridized carbons (Fsp3) is 0.414. The van der Waals surface area contributed by atoms with Crippen LogP contribution in [0.25, 0.3) is 10.9 Å². The lowest BCUT2D eigenvalue weighted by atomic mass is 10.0. The number of ether oxygens (including phenoxy) is 3. The maximum atomic E-state index is 11.0. The predicted octanol–water partition coefficient (Wildman–Crippen LogP) is 4.68. The molecule has 0 saturated carbocycles. The Kier molecular flexibility index (Phi) is 8.01. The van der Waals surface area contributed by atoms with Crippen LogP contribution in [0.3, 0.4) is 0 Å². The van der Waals surface area contributed by atoms with E-state index in [0.29, 0.717) is 12.3 Å². The van der Waals surface area contributed by atoms with Crippen LogP contribution in [0.2, 0.25) is 0 Å². The van der Waals surface area contributed by atoms with Crippen LogP contribution in [-0.4, -0.2) is 66.3 Å². The number of benzene rings is 1. The quantitative estimate of drug-likeness (QED) is 0.549. The monoisotopic (exact) mass is 489 g/mol. The number of aromatic nitrogens is 1. The Morgan fingerprint density at radius 3 is 2.75 bits per heavy atom. The van der Waals surface area contributed by atoms with Gasteiger partial charge in [0.15, 0.2) is 0 Å². The summed E-state index contributed by atoms with van der Waals surface area (Å²) < 4.78 is 17.0. The molecule has 0 spiro atoms. The highest BCUT2D eigenvalue weighted by Gasteiger charge is 2.22. The standard InChI is InChI=1S/C29H35N3O4/c1-34-24-17-27-26(8-5-9-28(27)30-18-24)29(33)19-32-14-12-31(13-15-32)11-10-23-20-35-21-25(36-23)16-22-6-3-2-4-7-22/h2-3,5-6,8-9,17-18,20-21,29,33H,4,7,10-16,19H2,1H3. The number of fused-ring (bicyclic) bond motifs is 1. The van der Waals surface area contributed by atoms with Crippen molar-refractivity contribution in [1.29, 1.82) is 0 Å². The number of piperazine rings is 1. The molecule has 2 aliphatic heterocycles. The van der Waals surface area contributed by atoms with Gasteiger partial charge in [0.2, 0.25) is 0 Å². The second kappa shape index (κ2) is 11.7. The molecular formula is C29H35N3O4. The van der Waals surface area contributed by atoms with Crippen molar-refractivity contribution in [2.75, 3.05) is 46.4 Å². The Hall–Kier alpha value is -3.13. The van der Waals surface area contributed by atoms with E-state index in [-0.39, 0.29) is 0 Å². The minimum atomic E-state index is -0.577. The van der Waals surface area contributed by atoms with Crippen LogP contribution in [0.4, 0.5) is 0 Å². The zero-order valence-corrected chi connectivity index (χ0v) is 20.9. The van der Waals surface area contributed by atoms with Gasteiger partial charge in [-0.15, -0.1) is 0 Å². The van der Waals surface area contributed by atoms with E-state index in [1.54, 1.807) is 25.8 Å². The molecule has 3 aliphatic rings. The van der Waals surface area contributed by atoms with Crippen molar-refractivity contribution in [1.82, 2.24) is 14.8 Å². The van der Waals surface area contributed by atoms with E-state index < -0.39 is 6.10 Å². The highest BCUT2D eigenvalue weighted by Crippen LogP contribution is 2.28. The molecule has 7 heteroatoms. The van der Waals surface area contributed by atoms with E-state index in [1.807, 2.05) is 24.3 Å². The van der Waals surface area contributed by atoms with Crippen molar-refractivity contribution in [3.05, 3.63) is 83.9 Å². The largest absolute Gasteiger partial charge is 0.495 e. The van der Waals surface area contributed by atoms with Crippen LogP contribution in [0.1, 0.15) is 37.4 Å². The molecule has 1 atom stereocenters. The lowest BCUT2D eigenvalue weighted by Gasteiger charge is -2.36. The zero-order valence-electron chi connectivity index (χ0n) is 20.9. The SMILES string of the molecule is COc1cnc2cccc(C(O)CN3CCN(CCC4=COC=C(CC5=CC=CCC5)O4)CC3)c2c1. The summed E-state index contributed by atoms with van der Waals surface area (Å²) in [5, 5.41) is 12.0. The van der Waals surface area contributed by atoms with E-state index in [1.165, 1.54) is 5.57 Å². The number of aliphatic hydroxyl groups excluding tert-OH is 1. The van der Waals surface area contributed by atoms with Crippen LogP contribution in [0.5, 0.6) is 5.75 Å². The Morgan fingerprint density at radius 2 is 1.94 bits per heavy atom. The van der Waals surface area contributed by atoms with Gasteiger partial charge < -0.3 is 24.2 Å². The molecule has 1 aromatic carbocycles. The van der Waals surface area contributed by atoms with Gasteiger partial charge in [-0.1, -0.05) is 35.9 Å². The second-order valence-corrected chi connectivity index (χ2v) is 9.57. The van der Waals surface area contributed by atoms with Crippen molar-refractivity contribution in [3.8, 4) is 5.75 Å². The topological polar surface area (TPSA) is 67.3 Å². The summed E-state index contributed by atoms with van der Waals surface area (Å²) in [7, 11) is 1.63. The first-order valence-electron chi connectivity index (χ1n) is 12.8. The number of hydrogen-bond acceptors (Lipinski definition) is 7. The number of aliphatic hydroxyl groups is 1. The van der Waals surface area contributed by atoms with Gasteiger partial charge in [0.1, 0.15) is 29.8 Å². The second-order valence-electron chi connectivity index (χ2n) is 9.57. The van der Waals surface area contributed by atoms with E-state index in [0.717, 1.165) is 86.4 Å². The Bertz CT molecular complexity index is 1180. The Morgan fingerprint density at radius 1 is 1.11 bits per heavy atom. The highest BCUT2D eigenvalue weighted by molar-refractivity contribution is 5.83. The van der Waals surface area contributed by atoms with Crippen molar-refractivity contribution < 1.29 is 19.3 Å². The average molecular weight is 490 g/mol. The van der Waals surface area contributed by atoms with Gasteiger partial charge >= 0.3 is 0 Å². The smallest absolute Gasteiger partial charge is 0.143 e. The highest BCUT2D eigenvalue weighted by atomic mass is 16.5. The van der Waals surface area contributed by atoms with Crippen LogP contribution in [-0.2, 0) is 9.47 Å². The molecule has 0 radical (unpaired) electrons. The summed E-state index contributed by atoms with van der Waals surface area (Å²) >= 11 is 0. The first kappa shape index (κ1) is 24.6. The number of hydrogen-bond donors (Lipinski definition) is 1. The van der Waals surface area contributed by atoms with Crippen molar-refractivity contribution in [2.24, 2.45) is 0 Å². The van der Waals surface area contributed by atoms with E-state index in [4.69, 9.17) is 14.2 Å². The van der Waals surface area contributed by atoms with E-state index in [2.05, 4.69) is 33.0 Å². The lowest BCUT2D eigenvalue weighted by Crippen LogP contribution is -2.47. The normalized spacial score (nSPS) is 19.7. The molecule has 1 unspecified atom stereocenters. The third-order valence-electron chi connectivity index (χ3n) is 7.06. The number of nitrogens with zero attached hydrogens (tertiary/aromatic N) is 3. The first-order valence-corrected chi connectivity index (χ1v) is 12.8. The molecule has 36 heavy (non-hydrogen) atoms. The summed E-state index contributed by atoms with van der Waals surface area (Å²) in [4.78, 5) is 9.24. The first-order chi connectivity index (χ1) is 17.7. The average Bonchev–Trinajstić information content (AvgIpc) is 2.93. The molecular weight excluding hydrogens is 454 g/mol. The van der Waals surface area contributed by atoms with Gasteiger partial charge in [-0.2, -0.15) is 0 Å². The summed E-state index contributed by atoms with van der Waals surface area (Å²) in [5.74, 6) is 2.47. The molecule has 0 amide bonds. The van der Waals surface area contributed by atoms with Crippen LogP contribution >= 0.6 is 0 Å². The molecule has 1 aliphatic carbocycles. The molecule has 1 saturated heterocycles. The van der Waals surface area contributed by atoms with Crippen LogP contribution in [0.15, 0.2) is 78.3 Å². The maximum Gasteiger partial charge on any atom is 0.143 e. The van der Waals surface area contributed by atoms with Gasteiger partial charge in [-0.05, 0) is 30.5 Å². The number of β-amino-alcohol motifs (C(OH)–C–C–N with tert-alkyl or cyclic N) is 1. The minimum Gasteiger partial charge on any atom is -0.495 e. The van der Waals surface area contributed by atoms with E-state index >= 15 is 0 Å². The number of pyridine rings is 1. The summed E-state index contributed by atoms with van der Waals surface area (Å²) in [6, 6.07) is 7.85. The summed E-state index contributed by atoms with van der Waals surface area (Å²) in [6.07, 6.45) is 14.9. The lowest BCUT2D eigenvalue weighted by molar-refractivity contribution is 0.0717. The maximum absolute atomic E-state index is 11.0. The fourth-order valence-corrected chi connectivity index (χ4v) is 4.98. The Labute approximate surface area is 213 Å². The molecule has 7 nitrogen and oxygen atoms in total. The van der Waals surface area contributed by atoms with Crippen LogP contribution < -0.4 is 4.74 Å². The molecule has 2 aromatic rings. The molecule has 0 bridgehead atoms. The van der Waals surface area contributed by atoms with Gasteiger partial charge in [-0.3, -0.25) is 9.88 Å². The number of methoxy groups -OCH3 is 1. The summed E-state index contributed by atoms with van der Waals surface area (Å²) in [5.41, 5.74) is 3.14. The van der Waals surface area contributed by atoms with Gasteiger partial charge in [-0.25, -0.2) is 0 Å². The molecule has 1 fully saturated rings. The van der Waals surface area contributed by atoms with E-state index in [9.17, 15) is 5.11 Å².